The Morgan fingerprint density at radius 2 is 2.10 bits per heavy atom. The lowest BCUT2D eigenvalue weighted by atomic mass is 10.1. The van der Waals surface area contributed by atoms with Gasteiger partial charge in [-0.15, -0.1) is 0 Å². The molecule has 0 bridgehead atoms. The molecule has 0 radical (unpaired) electrons. The fraction of sp³-hybridized carbons (Fsp3) is 0.538. The number of alkyl carbamates (subject to hydrolysis) is 1. The number of hydrogen-bond acceptors (Lipinski definition) is 5. The van der Waals surface area contributed by atoms with Crippen LogP contribution in [-0.4, -0.2) is 39.5 Å². The normalized spacial score (nSPS) is 14.5. The number of carbonyl (C=O) groups excluding carboxylic acids is 1. The summed E-state index contributed by atoms with van der Waals surface area (Å²) in [6.07, 6.45) is -2.37. The zero-order chi connectivity index (χ0) is 15.3. The summed E-state index contributed by atoms with van der Waals surface area (Å²) in [6, 6.07) is 2.39. The molecular formula is C13H19FN2O4. The molecule has 0 aliphatic heterocycles. The number of aromatic nitrogens is 1. The molecule has 1 amide bonds. The average Bonchev–Trinajstić information content (AvgIpc) is 2.34. The van der Waals surface area contributed by atoms with Crippen LogP contribution in [0, 0.1) is 5.82 Å². The van der Waals surface area contributed by atoms with Gasteiger partial charge in [-0.1, -0.05) is 0 Å². The predicted octanol–water partition coefficient (Wildman–Crippen LogP) is 1.14. The Morgan fingerprint density at radius 1 is 1.45 bits per heavy atom. The van der Waals surface area contributed by atoms with Crippen molar-refractivity contribution >= 4 is 6.09 Å². The number of pyridine rings is 1. The summed E-state index contributed by atoms with van der Waals surface area (Å²) in [7, 11) is 0. The van der Waals surface area contributed by atoms with Gasteiger partial charge in [-0.2, -0.15) is 0 Å². The smallest absolute Gasteiger partial charge is 0.407 e. The van der Waals surface area contributed by atoms with Crippen LogP contribution in [0.5, 0.6) is 0 Å². The van der Waals surface area contributed by atoms with Crippen molar-refractivity contribution in [2.24, 2.45) is 0 Å². The lowest BCUT2D eigenvalue weighted by molar-refractivity contribution is 0.0108. The van der Waals surface area contributed by atoms with Crippen LogP contribution in [0.1, 0.15) is 32.6 Å². The summed E-state index contributed by atoms with van der Waals surface area (Å²) >= 11 is 0. The van der Waals surface area contributed by atoms with Crippen LogP contribution >= 0.6 is 0 Å². The van der Waals surface area contributed by atoms with Crippen molar-refractivity contribution in [3.05, 3.63) is 29.8 Å². The molecule has 0 saturated carbocycles. The monoisotopic (exact) mass is 286 g/mol. The number of amides is 1. The Kier molecular flexibility index (Phi) is 5.41. The van der Waals surface area contributed by atoms with Gasteiger partial charge >= 0.3 is 6.09 Å². The molecular weight excluding hydrogens is 267 g/mol. The molecule has 1 aromatic rings. The van der Waals surface area contributed by atoms with Crippen LogP contribution in [-0.2, 0) is 4.74 Å². The van der Waals surface area contributed by atoms with Crippen LogP contribution in [0.4, 0.5) is 9.18 Å². The Bertz CT molecular complexity index is 445. The summed E-state index contributed by atoms with van der Waals surface area (Å²) in [4.78, 5) is 15.0. The quantitative estimate of drug-likeness (QED) is 0.772. The molecule has 6 nitrogen and oxygen atoms in total. The fourth-order valence-electron chi connectivity index (χ4n) is 1.37. The largest absolute Gasteiger partial charge is 0.444 e. The van der Waals surface area contributed by atoms with Crippen LogP contribution in [0.3, 0.4) is 0 Å². The Hall–Kier alpha value is -1.73. The third-order valence-corrected chi connectivity index (χ3v) is 2.27. The highest BCUT2D eigenvalue weighted by atomic mass is 19.1. The average molecular weight is 286 g/mol. The lowest BCUT2D eigenvalue weighted by Gasteiger charge is -2.22. The highest BCUT2D eigenvalue weighted by molar-refractivity contribution is 5.67. The molecule has 20 heavy (non-hydrogen) atoms. The minimum atomic E-state index is -1.33. The van der Waals surface area contributed by atoms with Gasteiger partial charge in [0.25, 0.3) is 0 Å². The first kappa shape index (κ1) is 16.3. The second-order valence-electron chi connectivity index (χ2n) is 5.30. The first-order valence-electron chi connectivity index (χ1n) is 6.13. The number of nitrogens with zero attached hydrogens (tertiary/aromatic N) is 1. The van der Waals surface area contributed by atoms with Crippen LogP contribution in [0.2, 0.25) is 0 Å². The Balaban J connectivity index is 2.48. The van der Waals surface area contributed by atoms with Crippen molar-refractivity contribution in [2.45, 2.75) is 38.6 Å². The van der Waals surface area contributed by atoms with E-state index >= 15 is 0 Å². The van der Waals surface area contributed by atoms with E-state index in [-0.39, 0.29) is 12.2 Å². The molecule has 7 heteroatoms. The third kappa shape index (κ3) is 5.50. The van der Waals surface area contributed by atoms with Gasteiger partial charge in [-0.25, -0.2) is 9.18 Å². The standard InChI is InChI=1S/C13H19FN2O4/c1-13(2,3)20-12(19)16-7-10(17)11(18)9-5-4-8(14)6-15-9/h4-6,10-11,17-18H,7H2,1-3H3,(H,16,19). The van der Waals surface area contributed by atoms with Gasteiger partial charge in [-0.3, -0.25) is 4.98 Å². The molecule has 1 rings (SSSR count). The summed E-state index contributed by atoms with van der Waals surface area (Å²) in [5, 5.41) is 21.9. The van der Waals surface area contributed by atoms with Gasteiger partial charge in [-0.05, 0) is 32.9 Å². The van der Waals surface area contributed by atoms with E-state index in [1.165, 1.54) is 6.07 Å². The zero-order valence-corrected chi connectivity index (χ0v) is 11.6. The molecule has 0 fully saturated rings. The third-order valence-electron chi connectivity index (χ3n) is 2.27. The van der Waals surface area contributed by atoms with Gasteiger partial charge in [0.15, 0.2) is 0 Å². The number of nitrogens with one attached hydrogen (secondary N) is 1. The van der Waals surface area contributed by atoms with E-state index in [1.807, 2.05) is 0 Å². The summed E-state index contributed by atoms with van der Waals surface area (Å²) < 4.78 is 17.7. The predicted molar refractivity (Wildman–Crippen MR) is 69.4 cm³/mol. The lowest BCUT2D eigenvalue weighted by Crippen LogP contribution is -2.39. The van der Waals surface area contributed by atoms with E-state index in [9.17, 15) is 19.4 Å². The highest BCUT2D eigenvalue weighted by Gasteiger charge is 2.22. The van der Waals surface area contributed by atoms with Crippen molar-refractivity contribution in [1.82, 2.24) is 10.3 Å². The SMILES string of the molecule is CC(C)(C)OC(=O)NCC(O)C(O)c1ccc(F)cn1. The van der Waals surface area contributed by atoms with Crippen molar-refractivity contribution < 1.29 is 24.1 Å². The number of halogens is 1. The van der Waals surface area contributed by atoms with Gasteiger partial charge in [0, 0.05) is 6.54 Å². The van der Waals surface area contributed by atoms with E-state index in [0.717, 1.165) is 12.3 Å². The number of aliphatic hydroxyl groups is 2. The first-order chi connectivity index (χ1) is 9.19. The fourth-order valence-corrected chi connectivity index (χ4v) is 1.37. The second kappa shape index (κ2) is 6.62. The van der Waals surface area contributed by atoms with Crippen molar-refractivity contribution in [2.75, 3.05) is 6.54 Å². The second-order valence-corrected chi connectivity index (χ2v) is 5.30. The van der Waals surface area contributed by atoms with Crippen LogP contribution < -0.4 is 5.32 Å². The van der Waals surface area contributed by atoms with Gasteiger partial charge < -0.3 is 20.3 Å². The summed E-state index contributed by atoms with van der Waals surface area (Å²) in [6.45, 7) is 4.91. The topological polar surface area (TPSA) is 91.7 Å². The van der Waals surface area contributed by atoms with Gasteiger partial charge in [0.1, 0.15) is 23.6 Å². The molecule has 0 aliphatic carbocycles. The zero-order valence-electron chi connectivity index (χ0n) is 11.6. The molecule has 3 N–H and O–H groups in total. The molecule has 0 aliphatic rings. The Morgan fingerprint density at radius 3 is 2.60 bits per heavy atom. The maximum atomic E-state index is 12.7. The molecule has 2 atom stereocenters. The van der Waals surface area contributed by atoms with E-state index in [2.05, 4.69) is 10.3 Å². The van der Waals surface area contributed by atoms with E-state index in [0.29, 0.717) is 0 Å². The van der Waals surface area contributed by atoms with E-state index in [1.54, 1.807) is 20.8 Å². The van der Waals surface area contributed by atoms with Gasteiger partial charge in [0.05, 0.1) is 11.9 Å². The first-order valence-corrected chi connectivity index (χ1v) is 6.13. The number of hydrogen-bond donors (Lipinski definition) is 3. The molecule has 0 aromatic carbocycles. The maximum absolute atomic E-state index is 12.7. The molecule has 1 aromatic heterocycles. The van der Waals surface area contributed by atoms with Crippen LogP contribution in [0.15, 0.2) is 18.3 Å². The summed E-state index contributed by atoms with van der Waals surface area (Å²) in [5.74, 6) is -0.540. The van der Waals surface area contributed by atoms with Crippen molar-refractivity contribution in [1.29, 1.82) is 0 Å². The van der Waals surface area contributed by atoms with E-state index in [4.69, 9.17) is 4.74 Å². The van der Waals surface area contributed by atoms with E-state index < -0.39 is 29.7 Å². The highest BCUT2D eigenvalue weighted by Crippen LogP contribution is 2.14. The van der Waals surface area contributed by atoms with Crippen molar-refractivity contribution in [3.63, 3.8) is 0 Å². The molecule has 2 unspecified atom stereocenters. The molecule has 1 heterocycles. The molecule has 0 spiro atoms. The Labute approximate surface area is 116 Å². The number of aliphatic hydroxyl groups excluding tert-OH is 2. The number of carbonyl (C=O) groups is 1. The van der Waals surface area contributed by atoms with Crippen molar-refractivity contribution in [3.8, 4) is 0 Å². The molecule has 112 valence electrons. The van der Waals surface area contributed by atoms with Crippen LogP contribution in [0.25, 0.3) is 0 Å². The minimum Gasteiger partial charge on any atom is -0.444 e. The maximum Gasteiger partial charge on any atom is 0.407 e. The summed E-state index contributed by atoms with van der Waals surface area (Å²) in [5.41, 5.74) is -0.531. The number of rotatable bonds is 4. The molecule has 0 saturated heterocycles. The van der Waals surface area contributed by atoms with Gasteiger partial charge in [0.2, 0.25) is 0 Å². The number of ether oxygens (including phenoxy) is 1. The minimum absolute atomic E-state index is 0.116.